The van der Waals surface area contributed by atoms with E-state index >= 15 is 0 Å². The van der Waals surface area contributed by atoms with Gasteiger partial charge in [0.25, 0.3) is 0 Å². The lowest BCUT2D eigenvalue weighted by atomic mass is 10.0. The van der Waals surface area contributed by atoms with Crippen LogP contribution in [0.2, 0.25) is 0 Å². The van der Waals surface area contributed by atoms with Crippen LogP contribution in [0, 0.1) is 5.92 Å². The molecular formula is C15H21NO4. The van der Waals surface area contributed by atoms with Crippen molar-refractivity contribution < 1.29 is 19.7 Å². The van der Waals surface area contributed by atoms with Crippen molar-refractivity contribution in [3.05, 3.63) is 35.9 Å². The largest absolute Gasteiger partial charge is 0.481 e. The first kappa shape index (κ1) is 15.0. The Bertz CT molecular complexity index is 437. The molecule has 0 aromatic heterocycles. The highest BCUT2D eigenvalue weighted by atomic mass is 16.5. The van der Waals surface area contributed by atoms with Crippen LogP contribution in [-0.2, 0) is 9.53 Å². The number of carboxylic acids is 1. The SMILES string of the molecule is CCN(CC(O)c1ccccc1)C1COCC1C(=O)O. The molecular weight excluding hydrogens is 258 g/mol. The van der Waals surface area contributed by atoms with Crippen molar-refractivity contribution in [1.82, 2.24) is 4.90 Å². The average Bonchev–Trinajstić information content (AvgIpc) is 2.95. The number of aliphatic hydroxyl groups is 1. The quantitative estimate of drug-likeness (QED) is 0.817. The maximum absolute atomic E-state index is 11.2. The summed E-state index contributed by atoms with van der Waals surface area (Å²) in [6, 6.07) is 9.24. The molecule has 1 aromatic carbocycles. The van der Waals surface area contributed by atoms with Crippen LogP contribution < -0.4 is 0 Å². The minimum Gasteiger partial charge on any atom is -0.481 e. The molecule has 2 rings (SSSR count). The van der Waals surface area contributed by atoms with Gasteiger partial charge >= 0.3 is 5.97 Å². The summed E-state index contributed by atoms with van der Waals surface area (Å²) in [5.74, 6) is -1.35. The van der Waals surface area contributed by atoms with E-state index in [0.717, 1.165) is 5.56 Å². The number of nitrogens with zero attached hydrogens (tertiary/aromatic N) is 1. The Morgan fingerprint density at radius 2 is 2.10 bits per heavy atom. The van der Waals surface area contributed by atoms with Crippen LogP contribution in [0.4, 0.5) is 0 Å². The van der Waals surface area contributed by atoms with Crippen LogP contribution in [0.1, 0.15) is 18.6 Å². The summed E-state index contributed by atoms with van der Waals surface area (Å²) >= 11 is 0. The second-order valence-electron chi connectivity index (χ2n) is 5.06. The Hall–Kier alpha value is -1.43. The minimum absolute atomic E-state index is 0.170. The van der Waals surface area contributed by atoms with E-state index in [1.54, 1.807) is 0 Å². The molecule has 1 aromatic rings. The average molecular weight is 279 g/mol. The number of aliphatic carboxylic acids is 1. The third-order valence-corrected chi connectivity index (χ3v) is 3.83. The molecule has 0 bridgehead atoms. The van der Waals surface area contributed by atoms with E-state index in [4.69, 9.17) is 4.74 Å². The molecule has 0 saturated carbocycles. The Kier molecular flexibility index (Phi) is 5.11. The number of hydrogen-bond donors (Lipinski definition) is 2. The zero-order valence-electron chi connectivity index (χ0n) is 11.6. The van der Waals surface area contributed by atoms with E-state index in [0.29, 0.717) is 19.7 Å². The van der Waals surface area contributed by atoms with Crippen LogP contribution in [-0.4, -0.2) is 53.4 Å². The van der Waals surface area contributed by atoms with Gasteiger partial charge in [0.15, 0.2) is 0 Å². The second-order valence-corrected chi connectivity index (χ2v) is 5.06. The van der Waals surface area contributed by atoms with Crippen molar-refractivity contribution in [2.24, 2.45) is 5.92 Å². The molecule has 0 spiro atoms. The van der Waals surface area contributed by atoms with Gasteiger partial charge in [-0.25, -0.2) is 0 Å². The lowest BCUT2D eigenvalue weighted by Crippen LogP contribution is -2.44. The molecule has 20 heavy (non-hydrogen) atoms. The molecule has 1 saturated heterocycles. The number of carboxylic acid groups (broad SMARTS) is 1. The third kappa shape index (κ3) is 3.36. The van der Waals surface area contributed by atoms with Gasteiger partial charge in [-0.2, -0.15) is 0 Å². The first-order chi connectivity index (χ1) is 9.63. The minimum atomic E-state index is -0.833. The molecule has 0 amide bonds. The smallest absolute Gasteiger partial charge is 0.310 e. The second kappa shape index (κ2) is 6.83. The fourth-order valence-corrected chi connectivity index (χ4v) is 2.64. The number of aliphatic hydroxyl groups excluding tert-OH is 1. The molecule has 110 valence electrons. The van der Waals surface area contributed by atoms with Crippen LogP contribution in [0.15, 0.2) is 30.3 Å². The van der Waals surface area contributed by atoms with Gasteiger partial charge in [0.05, 0.1) is 25.2 Å². The predicted octanol–water partition coefficient (Wildman–Crippen LogP) is 1.14. The zero-order valence-corrected chi connectivity index (χ0v) is 11.6. The molecule has 3 unspecified atom stereocenters. The zero-order chi connectivity index (χ0) is 14.5. The molecule has 1 aliphatic heterocycles. The Balaban J connectivity index is 2.03. The molecule has 1 heterocycles. The summed E-state index contributed by atoms with van der Waals surface area (Å²) in [6.45, 7) is 3.72. The number of likely N-dealkylation sites (N-methyl/N-ethyl adjacent to an activating group) is 1. The van der Waals surface area contributed by atoms with Crippen molar-refractivity contribution in [2.45, 2.75) is 19.1 Å². The first-order valence-corrected chi connectivity index (χ1v) is 6.91. The van der Waals surface area contributed by atoms with E-state index in [-0.39, 0.29) is 12.6 Å². The molecule has 3 atom stereocenters. The highest BCUT2D eigenvalue weighted by Gasteiger charge is 2.38. The van der Waals surface area contributed by atoms with Crippen molar-refractivity contribution in [3.8, 4) is 0 Å². The summed E-state index contributed by atoms with van der Waals surface area (Å²) in [7, 11) is 0. The van der Waals surface area contributed by atoms with Crippen molar-refractivity contribution >= 4 is 5.97 Å². The molecule has 5 nitrogen and oxygen atoms in total. The lowest BCUT2D eigenvalue weighted by Gasteiger charge is -2.31. The van der Waals surface area contributed by atoms with Gasteiger partial charge in [-0.05, 0) is 12.1 Å². The van der Waals surface area contributed by atoms with E-state index in [9.17, 15) is 15.0 Å². The van der Waals surface area contributed by atoms with Crippen molar-refractivity contribution in [3.63, 3.8) is 0 Å². The van der Waals surface area contributed by atoms with Crippen LogP contribution in [0.3, 0.4) is 0 Å². The number of benzene rings is 1. The summed E-state index contributed by atoms with van der Waals surface area (Å²) in [5.41, 5.74) is 0.844. The van der Waals surface area contributed by atoms with Gasteiger partial charge in [0.2, 0.25) is 0 Å². The van der Waals surface area contributed by atoms with E-state index in [1.807, 2.05) is 42.2 Å². The van der Waals surface area contributed by atoms with Gasteiger partial charge in [-0.1, -0.05) is 37.3 Å². The molecule has 1 fully saturated rings. The van der Waals surface area contributed by atoms with Gasteiger partial charge in [0.1, 0.15) is 0 Å². The van der Waals surface area contributed by atoms with Crippen LogP contribution >= 0.6 is 0 Å². The highest BCUT2D eigenvalue weighted by molar-refractivity contribution is 5.71. The van der Waals surface area contributed by atoms with Crippen LogP contribution in [0.25, 0.3) is 0 Å². The van der Waals surface area contributed by atoms with Gasteiger partial charge in [0, 0.05) is 12.6 Å². The first-order valence-electron chi connectivity index (χ1n) is 6.91. The molecule has 1 aliphatic rings. The highest BCUT2D eigenvalue weighted by Crippen LogP contribution is 2.23. The van der Waals surface area contributed by atoms with Gasteiger partial charge in [-0.3, -0.25) is 9.69 Å². The lowest BCUT2D eigenvalue weighted by molar-refractivity contribution is -0.143. The van der Waals surface area contributed by atoms with E-state index in [2.05, 4.69) is 0 Å². The summed E-state index contributed by atoms with van der Waals surface area (Å²) in [5, 5.41) is 19.5. The normalized spacial score (nSPS) is 23.9. The maximum Gasteiger partial charge on any atom is 0.310 e. The van der Waals surface area contributed by atoms with Gasteiger partial charge < -0.3 is 14.9 Å². The summed E-state index contributed by atoms with van der Waals surface area (Å²) < 4.78 is 5.30. The van der Waals surface area contributed by atoms with Crippen LogP contribution in [0.5, 0.6) is 0 Å². The number of hydrogen-bond acceptors (Lipinski definition) is 4. The van der Waals surface area contributed by atoms with E-state index < -0.39 is 18.0 Å². The molecule has 0 aliphatic carbocycles. The molecule has 0 radical (unpaired) electrons. The fraction of sp³-hybridized carbons (Fsp3) is 0.533. The van der Waals surface area contributed by atoms with E-state index in [1.165, 1.54) is 0 Å². The number of rotatable bonds is 6. The van der Waals surface area contributed by atoms with Crippen molar-refractivity contribution in [2.75, 3.05) is 26.3 Å². The predicted molar refractivity (Wildman–Crippen MR) is 74.4 cm³/mol. The Morgan fingerprint density at radius 3 is 2.70 bits per heavy atom. The summed E-state index contributed by atoms with van der Waals surface area (Å²) in [4.78, 5) is 13.2. The van der Waals surface area contributed by atoms with Gasteiger partial charge in [-0.15, -0.1) is 0 Å². The maximum atomic E-state index is 11.2. The molecule has 5 heteroatoms. The standard InChI is InChI=1S/C15H21NO4/c1-2-16(13-10-20-9-12(13)15(18)19)8-14(17)11-6-4-3-5-7-11/h3-7,12-14,17H,2,8-10H2,1H3,(H,18,19). The molecule has 2 N–H and O–H groups in total. The Morgan fingerprint density at radius 1 is 1.40 bits per heavy atom. The number of carbonyl (C=O) groups is 1. The number of ether oxygens (including phenoxy) is 1. The van der Waals surface area contributed by atoms with Crippen molar-refractivity contribution in [1.29, 1.82) is 0 Å². The third-order valence-electron chi connectivity index (χ3n) is 3.83. The fourth-order valence-electron chi connectivity index (χ4n) is 2.64. The Labute approximate surface area is 118 Å². The summed E-state index contributed by atoms with van der Waals surface area (Å²) in [6.07, 6.45) is -0.619. The monoisotopic (exact) mass is 279 g/mol. The topological polar surface area (TPSA) is 70.0 Å².